The van der Waals surface area contributed by atoms with Crippen molar-refractivity contribution in [2.45, 2.75) is 16.0 Å². The molecule has 0 spiro atoms. The first-order valence-electron chi connectivity index (χ1n) is 5.46. The van der Waals surface area contributed by atoms with Gasteiger partial charge in [-0.3, -0.25) is 10.1 Å². The minimum Gasteiger partial charge on any atom is -0.258 e. The van der Waals surface area contributed by atoms with E-state index in [0.29, 0.717) is 4.90 Å². The Bertz CT molecular complexity index is 629. The van der Waals surface area contributed by atoms with Crippen molar-refractivity contribution in [1.82, 2.24) is 0 Å². The molecule has 2 rings (SSSR count). The largest absolute Gasteiger partial charge is 0.422 e. The zero-order valence-electron chi connectivity index (χ0n) is 9.92. The van der Waals surface area contributed by atoms with E-state index in [1.807, 2.05) is 0 Å². The number of alkyl halides is 3. The van der Waals surface area contributed by atoms with E-state index in [-0.39, 0.29) is 0 Å². The monoisotopic (exact) mass is 299 g/mol. The number of hydrogen-bond donors (Lipinski definition) is 0. The molecule has 0 atom stereocenters. The predicted octanol–water partition coefficient (Wildman–Crippen LogP) is 4.76. The first-order valence-corrected chi connectivity index (χ1v) is 6.28. The van der Waals surface area contributed by atoms with Gasteiger partial charge in [0.1, 0.15) is 5.56 Å². The highest BCUT2D eigenvalue weighted by Crippen LogP contribution is 2.39. The normalized spacial score (nSPS) is 11.3. The highest BCUT2D eigenvalue weighted by Gasteiger charge is 2.38. The quantitative estimate of drug-likeness (QED) is 0.606. The summed E-state index contributed by atoms with van der Waals surface area (Å²) in [5.74, 6) is 0. The van der Waals surface area contributed by atoms with Crippen molar-refractivity contribution in [3.05, 3.63) is 64.2 Å². The van der Waals surface area contributed by atoms with Gasteiger partial charge >= 0.3 is 6.18 Å². The van der Waals surface area contributed by atoms with Crippen LogP contribution in [0.5, 0.6) is 0 Å². The van der Waals surface area contributed by atoms with Gasteiger partial charge in [0.25, 0.3) is 5.69 Å². The number of nitro benzene ring substituents is 1. The van der Waals surface area contributed by atoms with Gasteiger partial charge in [-0.25, -0.2) is 0 Å². The van der Waals surface area contributed by atoms with Crippen LogP contribution in [0.25, 0.3) is 0 Å². The van der Waals surface area contributed by atoms with Crippen LogP contribution in [-0.2, 0) is 6.18 Å². The van der Waals surface area contributed by atoms with Crippen LogP contribution in [-0.4, -0.2) is 4.92 Å². The molecule has 0 amide bonds. The minimum atomic E-state index is -4.74. The van der Waals surface area contributed by atoms with Crippen LogP contribution >= 0.6 is 11.8 Å². The van der Waals surface area contributed by atoms with Gasteiger partial charge in [0.2, 0.25) is 0 Å². The van der Waals surface area contributed by atoms with E-state index in [4.69, 9.17) is 0 Å². The van der Waals surface area contributed by atoms with Crippen molar-refractivity contribution in [3.8, 4) is 0 Å². The minimum absolute atomic E-state index is 0.385. The van der Waals surface area contributed by atoms with Crippen LogP contribution in [0.3, 0.4) is 0 Å². The third-order valence-electron chi connectivity index (χ3n) is 2.45. The van der Waals surface area contributed by atoms with Crippen LogP contribution in [0.1, 0.15) is 5.56 Å². The Morgan fingerprint density at radius 3 is 2.20 bits per heavy atom. The lowest BCUT2D eigenvalue weighted by Crippen LogP contribution is -2.08. The van der Waals surface area contributed by atoms with E-state index in [1.165, 1.54) is 17.8 Å². The van der Waals surface area contributed by atoms with E-state index in [9.17, 15) is 23.3 Å². The Hall–Kier alpha value is -2.02. The standard InChI is InChI=1S/C13H8F3NO2S/c14-13(15,16)11-7-6-10(8-12(11)17(18)19)20-9-4-2-1-3-5-9/h1-8H. The third kappa shape index (κ3) is 3.30. The first kappa shape index (κ1) is 14.4. The zero-order chi connectivity index (χ0) is 14.8. The smallest absolute Gasteiger partial charge is 0.258 e. The summed E-state index contributed by atoms with van der Waals surface area (Å²) in [6.07, 6.45) is -4.74. The summed E-state index contributed by atoms with van der Waals surface area (Å²) in [6, 6.07) is 11.8. The molecule has 0 saturated heterocycles. The Kier molecular flexibility index (Phi) is 3.99. The number of halogens is 3. The van der Waals surface area contributed by atoms with E-state index >= 15 is 0 Å². The van der Waals surface area contributed by atoms with Crippen molar-refractivity contribution in [2.75, 3.05) is 0 Å². The second-order valence-corrected chi connectivity index (χ2v) is 5.00. The number of nitro groups is 1. The Morgan fingerprint density at radius 1 is 1.00 bits per heavy atom. The van der Waals surface area contributed by atoms with Gasteiger partial charge in [-0.2, -0.15) is 13.2 Å². The molecule has 0 radical (unpaired) electrons. The van der Waals surface area contributed by atoms with Gasteiger partial charge in [-0.05, 0) is 24.3 Å². The molecule has 7 heteroatoms. The molecule has 0 heterocycles. The van der Waals surface area contributed by atoms with Crippen LogP contribution in [0, 0.1) is 10.1 Å². The summed E-state index contributed by atoms with van der Waals surface area (Å²) in [7, 11) is 0. The molecule has 2 aromatic carbocycles. The van der Waals surface area contributed by atoms with Crippen molar-refractivity contribution in [3.63, 3.8) is 0 Å². The average Bonchev–Trinajstić information content (AvgIpc) is 2.38. The number of rotatable bonds is 3. The molecule has 0 aliphatic carbocycles. The molecular formula is C13H8F3NO2S. The molecule has 0 aliphatic heterocycles. The second kappa shape index (κ2) is 5.54. The summed E-state index contributed by atoms with van der Waals surface area (Å²) < 4.78 is 38.0. The van der Waals surface area contributed by atoms with Crippen LogP contribution in [0.15, 0.2) is 58.3 Å². The summed E-state index contributed by atoms with van der Waals surface area (Å²) in [5, 5.41) is 10.8. The van der Waals surface area contributed by atoms with Gasteiger partial charge in [0, 0.05) is 15.9 Å². The maximum atomic E-state index is 12.7. The van der Waals surface area contributed by atoms with Crippen molar-refractivity contribution in [1.29, 1.82) is 0 Å². The Labute approximate surface area is 116 Å². The van der Waals surface area contributed by atoms with Crippen LogP contribution < -0.4 is 0 Å². The predicted molar refractivity (Wildman–Crippen MR) is 68.7 cm³/mol. The molecule has 0 fully saturated rings. The van der Waals surface area contributed by atoms with Crippen molar-refractivity contribution < 1.29 is 18.1 Å². The average molecular weight is 299 g/mol. The summed E-state index contributed by atoms with van der Waals surface area (Å²) in [6.45, 7) is 0. The molecule has 0 aromatic heterocycles. The zero-order valence-corrected chi connectivity index (χ0v) is 10.7. The number of nitrogens with zero attached hydrogens (tertiary/aromatic N) is 1. The number of hydrogen-bond acceptors (Lipinski definition) is 3. The Balaban J connectivity index is 2.38. The highest BCUT2D eigenvalue weighted by atomic mass is 32.2. The topological polar surface area (TPSA) is 43.1 Å². The molecule has 3 nitrogen and oxygen atoms in total. The fourth-order valence-corrected chi connectivity index (χ4v) is 2.46. The molecule has 2 aromatic rings. The van der Waals surface area contributed by atoms with Crippen LogP contribution in [0.2, 0.25) is 0 Å². The fourth-order valence-electron chi connectivity index (χ4n) is 1.59. The SMILES string of the molecule is O=[N+]([O-])c1cc(Sc2ccccc2)ccc1C(F)(F)F. The summed E-state index contributed by atoms with van der Waals surface area (Å²) in [4.78, 5) is 10.9. The number of benzene rings is 2. The Morgan fingerprint density at radius 2 is 1.65 bits per heavy atom. The van der Waals surface area contributed by atoms with Gasteiger partial charge in [-0.1, -0.05) is 30.0 Å². The molecule has 104 valence electrons. The highest BCUT2D eigenvalue weighted by molar-refractivity contribution is 7.99. The lowest BCUT2D eigenvalue weighted by atomic mass is 10.2. The molecule has 0 bridgehead atoms. The maximum Gasteiger partial charge on any atom is 0.422 e. The van der Waals surface area contributed by atoms with E-state index in [1.54, 1.807) is 30.3 Å². The van der Waals surface area contributed by atoms with Gasteiger partial charge < -0.3 is 0 Å². The van der Waals surface area contributed by atoms with Gasteiger partial charge in [0.05, 0.1) is 4.92 Å². The molecule has 0 unspecified atom stereocenters. The maximum absolute atomic E-state index is 12.7. The summed E-state index contributed by atoms with van der Waals surface area (Å²) in [5.41, 5.74) is -2.17. The molecule has 0 N–H and O–H groups in total. The molecule has 0 saturated carbocycles. The fraction of sp³-hybridized carbons (Fsp3) is 0.0769. The van der Waals surface area contributed by atoms with Crippen molar-refractivity contribution in [2.24, 2.45) is 0 Å². The van der Waals surface area contributed by atoms with Crippen LogP contribution in [0.4, 0.5) is 18.9 Å². The lowest BCUT2D eigenvalue weighted by Gasteiger charge is -2.08. The van der Waals surface area contributed by atoms with Gasteiger partial charge in [0.15, 0.2) is 0 Å². The third-order valence-corrected chi connectivity index (χ3v) is 3.45. The first-order chi connectivity index (χ1) is 9.38. The van der Waals surface area contributed by atoms with Gasteiger partial charge in [-0.15, -0.1) is 0 Å². The van der Waals surface area contributed by atoms with E-state index < -0.39 is 22.4 Å². The van der Waals surface area contributed by atoms with E-state index in [0.717, 1.165) is 17.0 Å². The van der Waals surface area contributed by atoms with Crippen molar-refractivity contribution >= 4 is 17.4 Å². The molecule has 20 heavy (non-hydrogen) atoms. The second-order valence-electron chi connectivity index (χ2n) is 3.85. The molecular weight excluding hydrogens is 291 g/mol. The molecule has 0 aliphatic rings. The summed E-state index contributed by atoms with van der Waals surface area (Å²) >= 11 is 1.17. The van der Waals surface area contributed by atoms with E-state index in [2.05, 4.69) is 0 Å². The lowest BCUT2D eigenvalue weighted by molar-refractivity contribution is -0.388.